The average Bonchev–Trinajstić information content (AvgIpc) is 3.05. The van der Waals surface area contributed by atoms with E-state index in [-0.39, 0.29) is 5.82 Å². The lowest BCUT2D eigenvalue weighted by Gasteiger charge is -2.12. The molecule has 0 saturated carbocycles. The molecule has 3 N–H and O–H groups in total. The molecule has 0 bridgehead atoms. The molecule has 0 atom stereocenters. The summed E-state index contributed by atoms with van der Waals surface area (Å²) >= 11 is 0. The Labute approximate surface area is 152 Å². The minimum atomic E-state index is -0.192. The number of nitrogens with zero attached hydrogens (tertiary/aromatic N) is 2. The number of hydrogen-bond acceptors (Lipinski definition) is 2. The fraction of sp³-hybridized carbons (Fsp3) is 0.300. The summed E-state index contributed by atoms with van der Waals surface area (Å²) in [6.45, 7) is 3.39. The zero-order valence-electron chi connectivity index (χ0n) is 15.1. The van der Waals surface area contributed by atoms with E-state index >= 15 is 0 Å². The highest BCUT2D eigenvalue weighted by Crippen LogP contribution is 2.11. The van der Waals surface area contributed by atoms with Crippen molar-refractivity contribution >= 4 is 17.0 Å². The second kappa shape index (κ2) is 8.47. The number of hydrogen-bond donors (Lipinski definition) is 3. The first-order valence-corrected chi connectivity index (χ1v) is 8.79. The van der Waals surface area contributed by atoms with E-state index in [1.54, 1.807) is 13.1 Å². The molecule has 5 nitrogen and oxygen atoms in total. The van der Waals surface area contributed by atoms with E-state index in [9.17, 15) is 4.39 Å². The average molecular weight is 353 g/mol. The molecule has 0 aliphatic rings. The lowest BCUT2D eigenvalue weighted by Crippen LogP contribution is -2.39. The number of nitrogens with one attached hydrogen (secondary N) is 3. The van der Waals surface area contributed by atoms with Gasteiger partial charge in [0.25, 0.3) is 0 Å². The van der Waals surface area contributed by atoms with E-state index in [0.717, 1.165) is 59.9 Å². The molecule has 0 saturated heterocycles. The van der Waals surface area contributed by atoms with Crippen molar-refractivity contribution in [3.8, 4) is 0 Å². The van der Waals surface area contributed by atoms with Gasteiger partial charge in [-0.2, -0.15) is 0 Å². The van der Waals surface area contributed by atoms with E-state index in [4.69, 9.17) is 0 Å². The molecule has 1 aromatic heterocycles. The maximum Gasteiger partial charge on any atom is 0.191 e. The number of fused-ring (bicyclic) bond motifs is 1. The van der Waals surface area contributed by atoms with Crippen LogP contribution in [0.15, 0.2) is 47.5 Å². The van der Waals surface area contributed by atoms with Crippen molar-refractivity contribution in [2.45, 2.75) is 19.8 Å². The second-order valence-corrected chi connectivity index (χ2v) is 6.20. The van der Waals surface area contributed by atoms with Gasteiger partial charge in [-0.25, -0.2) is 9.37 Å². The Hall–Kier alpha value is -2.89. The number of benzene rings is 2. The number of aliphatic imine (C=N–C) groups is 1. The molecule has 26 heavy (non-hydrogen) atoms. The smallest absolute Gasteiger partial charge is 0.191 e. The summed E-state index contributed by atoms with van der Waals surface area (Å²) in [5.74, 6) is 1.51. The Balaban J connectivity index is 1.44. The van der Waals surface area contributed by atoms with Crippen molar-refractivity contribution in [3.63, 3.8) is 0 Å². The van der Waals surface area contributed by atoms with Gasteiger partial charge in [-0.15, -0.1) is 0 Å². The van der Waals surface area contributed by atoms with Gasteiger partial charge in [0.15, 0.2) is 5.96 Å². The zero-order chi connectivity index (χ0) is 18.4. The summed E-state index contributed by atoms with van der Waals surface area (Å²) in [6, 6.07) is 12.9. The molecule has 0 spiro atoms. The van der Waals surface area contributed by atoms with Crippen molar-refractivity contribution < 1.29 is 4.39 Å². The van der Waals surface area contributed by atoms with Crippen LogP contribution in [0.25, 0.3) is 11.0 Å². The van der Waals surface area contributed by atoms with E-state index in [2.05, 4.69) is 25.6 Å². The molecule has 6 heteroatoms. The molecule has 0 amide bonds. The highest BCUT2D eigenvalue weighted by Gasteiger charge is 2.04. The maximum atomic E-state index is 13.1. The largest absolute Gasteiger partial charge is 0.356 e. The third-order valence-electron chi connectivity index (χ3n) is 4.31. The zero-order valence-corrected chi connectivity index (χ0v) is 15.1. The third kappa shape index (κ3) is 4.59. The first-order valence-electron chi connectivity index (χ1n) is 8.79. The summed E-state index contributed by atoms with van der Waals surface area (Å²) < 4.78 is 13.1. The van der Waals surface area contributed by atoms with Crippen LogP contribution < -0.4 is 10.6 Å². The van der Waals surface area contributed by atoms with Crippen molar-refractivity contribution in [2.75, 3.05) is 20.1 Å². The lowest BCUT2D eigenvalue weighted by molar-refractivity contribution is 0.625. The number of para-hydroxylation sites is 2. The number of aromatic nitrogens is 2. The topological polar surface area (TPSA) is 65.1 Å². The van der Waals surface area contributed by atoms with Crippen molar-refractivity contribution in [3.05, 3.63) is 65.2 Å². The predicted octanol–water partition coefficient (Wildman–Crippen LogP) is 2.96. The number of aryl methyl sites for hydroxylation is 1. The number of halogens is 1. The van der Waals surface area contributed by atoms with E-state index in [1.807, 2.05) is 37.3 Å². The highest BCUT2D eigenvalue weighted by atomic mass is 19.1. The fourth-order valence-corrected chi connectivity index (χ4v) is 2.90. The van der Waals surface area contributed by atoms with Gasteiger partial charge in [0.05, 0.1) is 11.0 Å². The van der Waals surface area contributed by atoms with Crippen LogP contribution in [-0.2, 0) is 12.8 Å². The molecule has 0 aliphatic carbocycles. The molecule has 3 aromatic rings. The monoisotopic (exact) mass is 353 g/mol. The predicted molar refractivity (Wildman–Crippen MR) is 104 cm³/mol. The van der Waals surface area contributed by atoms with Crippen LogP contribution in [0.3, 0.4) is 0 Å². The summed E-state index contributed by atoms with van der Waals surface area (Å²) in [4.78, 5) is 12.1. The van der Waals surface area contributed by atoms with Crippen LogP contribution >= 0.6 is 0 Å². The minimum Gasteiger partial charge on any atom is -0.356 e. The molecular formula is C20H24FN5. The van der Waals surface area contributed by atoms with Crippen molar-refractivity contribution in [2.24, 2.45) is 4.99 Å². The normalized spacial score (nSPS) is 11.7. The van der Waals surface area contributed by atoms with Gasteiger partial charge < -0.3 is 15.6 Å². The lowest BCUT2D eigenvalue weighted by atomic mass is 10.1. The Morgan fingerprint density at radius 1 is 1.12 bits per heavy atom. The van der Waals surface area contributed by atoms with Crippen LogP contribution in [-0.4, -0.2) is 36.1 Å². The molecule has 3 rings (SSSR count). The van der Waals surface area contributed by atoms with Crippen LogP contribution in [0.2, 0.25) is 0 Å². The number of guanidine groups is 1. The van der Waals surface area contributed by atoms with Crippen molar-refractivity contribution in [1.29, 1.82) is 0 Å². The SMILES string of the molecule is CN=C(NCCc1nc2ccccc2[nH]1)NCCc1ccc(F)cc1C. The standard InChI is InChI=1S/C20H24FN5/c1-14-13-16(21)8-7-15(14)9-11-23-20(22-2)24-12-10-19-25-17-5-3-4-6-18(17)26-19/h3-8,13H,9-12H2,1-2H3,(H,25,26)(H2,22,23,24). The number of aromatic amines is 1. The van der Waals surface area contributed by atoms with E-state index in [0.29, 0.717) is 0 Å². The Kier molecular flexibility index (Phi) is 5.84. The second-order valence-electron chi connectivity index (χ2n) is 6.20. The van der Waals surface area contributed by atoms with Gasteiger partial charge in [0, 0.05) is 26.6 Å². The number of rotatable bonds is 6. The molecule has 1 heterocycles. The third-order valence-corrected chi connectivity index (χ3v) is 4.31. The molecule has 0 unspecified atom stereocenters. The molecule has 2 aromatic carbocycles. The molecular weight excluding hydrogens is 329 g/mol. The summed E-state index contributed by atoms with van der Waals surface area (Å²) in [7, 11) is 1.75. The first kappa shape index (κ1) is 17.9. The molecule has 0 aliphatic heterocycles. The molecule has 0 radical (unpaired) electrons. The van der Waals surface area contributed by atoms with Crippen LogP contribution in [0, 0.1) is 12.7 Å². The van der Waals surface area contributed by atoms with Crippen molar-refractivity contribution in [1.82, 2.24) is 20.6 Å². The Morgan fingerprint density at radius 2 is 1.88 bits per heavy atom. The quantitative estimate of drug-likeness (QED) is 0.471. The number of H-pyrrole nitrogens is 1. The maximum absolute atomic E-state index is 13.1. The van der Waals surface area contributed by atoms with Gasteiger partial charge in [0.1, 0.15) is 11.6 Å². The van der Waals surface area contributed by atoms with Gasteiger partial charge in [-0.3, -0.25) is 4.99 Å². The Morgan fingerprint density at radius 3 is 2.62 bits per heavy atom. The molecule has 0 fully saturated rings. The van der Waals surface area contributed by atoms with Crippen LogP contribution in [0.1, 0.15) is 17.0 Å². The van der Waals surface area contributed by atoms with Crippen LogP contribution in [0.5, 0.6) is 0 Å². The first-order chi connectivity index (χ1) is 12.7. The minimum absolute atomic E-state index is 0.192. The molecule has 136 valence electrons. The van der Waals surface area contributed by atoms with Crippen LogP contribution in [0.4, 0.5) is 4.39 Å². The van der Waals surface area contributed by atoms with Gasteiger partial charge in [0.2, 0.25) is 0 Å². The highest BCUT2D eigenvalue weighted by molar-refractivity contribution is 5.79. The summed E-state index contributed by atoms with van der Waals surface area (Å²) in [5, 5.41) is 6.58. The van der Waals surface area contributed by atoms with Gasteiger partial charge in [-0.1, -0.05) is 18.2 Å². The van der Waals surface area contributed by atoms with E-state index < -0.39 is 0 Å². The summed E-state index contributed by atoms with van der Waals surface area (Å²) in [5.41, 5.74) is 4.15. The summed E-state index contributed by atoms with van der Waals surface area (Å²) in [6.07, 6.45) is 1.60. The number of imidazole rings is 1. The van der Waals surface area contributed by atoms with Gasteiger partial charge >= 0.3 is 0 Å². The van der Waals surface area contributed by atoms with E-state index in [1.165, 1.54) is 6.07 Å². The Bertz CT molecular complexity index is 867. The fourth-order valence-electron chi connectivity index (χ4n) is 2.90. The van der Waals surface area contributed by atoms with Gasteiger partial charge in [-0.05, 0) is 48.7 Å².